The quantitative estimate of drug-likeness (QED) is 0.796. The van der Waals surface area contributed by atoms with Crippen LogP contribution >= 0.6 is 11.3 Å². The van der Waals surface area contributed by atoms with Crippen molar-refractivity contribution in [3.63, 3.8) is 0 Å². The Balaban J connectivity index is 2.10. The highest BCUT2D eigenvalue weighted by molar-refractivity contribution is 7.09. The SMILES string of the molecule is CCOC(=O)c1csc(C2CCCN2C(=O)OC(C)(C)C)n1. The van der Waals surface area contributed by atoms with Crippen LogP contribution in [0.1, 0.15) is 62.1 Å². The molecule has 2 rings (SSSR count). The van der Waals surface area contributed by atoms with Crippen LogP contribution in [0.3, 0.4) is 0 Å². The van der Waals surface area contributed by atoms with Crippen LogP contribution in [-0.2, 0) is 9.47 Å². The van der Waals surface area contributed by atoms with Crippen LogP contribution in [0.2, 0.25) is 0 Å². The molecule has 1 amide bonds. The van der Waals surface area contributed by atoms with Gasteiger partial charge in [-0.2, -0.15) is 0 Å². The molecule has 0 spiro atoms. The van der Waals surface area contributed by atoms with E-state index in [-0.39, 0.29) is 12.1 Å². The first-order chi connectivity index (χ1) is 10.3. The van der Waals surface area contributed by atoms with Gasteiger partial charge in [0, 0.05) is 11.9 Å². The standard InChI is InChI=1S/C15H22N2O4S/c1-5-20-13(18)10-9-22-12(16-10)11-7-6-8-17(11)14(19)21-15(2,3)4/h9,11H,5-8H2,1-4H3. The van der Waals surface area contributed by atoms with E-state index in [1.54, 1.807) is 17.2 Å². The van der Waals surface area contributed by atoms with Gasteiger partial charge < -0.3 is 9.47 Å². The van der Waals surface area contributed by atoms with Crippen molar-refractivity contribution in [1.82, 2.24) is 9.88 Å². The number of nitrogens with zero attached hydrogens (tertiary/aromatic N) is 2. The van der Waals surface area contributed by atoms with Gasteiger partial charge in [-0.25, -0.2) is 14.6 Å². The van der Waals surface area contributed by atoms with Crippen LogP contribution in [0.25, 0.3) is 0 Å². The topological polar surface area (TPSA) is 68.7 Å². The Labute approximate surface area is 134 Å². The number of rotatable bonds is 3. The molecular weight excluding hydrogens is 304 g/mol. The van der Waals surface area contributed by atoms with E-state index in [1.165, 1.54) is 11.3 Å². The fraction of sp³-hybridized carbons (Fsp3) is 0.667. The fourth-order valence-electron chi connectivity index (χ4n) is 2.30. The van der Waals surface area contributed by atoms with Gasteiger partial charge in [-0.05, 0) is 40.5 Å². The number of carbonyl (C=O) groups excluding carboxylic acids is 2. The summed E-state index contributed by atoms with van der Waals surface area (Å²) in [7, 11) is 0. The molecule has 1 fully saturated rings. The van der Waals surface area contributed by atoms with Crippen LogP contribution in [0.5, 0.6) is 0 Å². The molecule has 0 bridgehead atoms. The van der Waals surface area contributed by atoms with Gasteiger partial charge in [0.1, 0.15) is 10.6 Å². The Kier molecular flexibility index (Phi) is 5.05. The summed E-state index contributed by atoms with van der Waals surface area (Å²) in [5.74, 6) is -0.424. The second-order valence-corrected chi connectivity index (χ2v) is 7.01. The average molecular weight is 326 g/mol. The summed E-state index contributed by atoms with van der Waals surface area (Å²) >= 11 is 1.38. The van der Waals surface area contributed by atoms with Crippen molar-refractivity contribution in [2.45, 2.75) is 52.2 Å². The van der Waals surface area contributed by atoms with Crippen LogP contribution in [0.4, 0.5) is 4.79 Å². The minimum Gasteiger partial charge on any atom is -0.461 e. The van der Waals surface area contributed by atoms with Crippen LogP contribution in [0, 0.1) is 0 Å². The third-order valence-corrected chi connectivity index (χ3v) is 4.12. The van der Waals surface area contributed by atoms with Crippen molar-refractivity contribution < 1.29 is 19.1 Å². The Hall–Kier alpha value is -1.63. The Morgan fingerprint density at radius 2 is 2.18 bits per heavy atom. The molecule has 1 atom stereocenters. The molecule has 6 nitrogen and oxygen atoms in total. The molecule has 0 aliphatic carbocycles. The number of carbonyl (C=O) groups is 2. The minimum atomic E-state index is -0.525. The predicted molar refractivity (Wildman–Crippen MR) is 83.0 cm³/mol. The normalized spacial score (nSPS) is 18.4. The molecule has 1 aliphatic rings. The maximum atomic E-state index is 12.3. The van der Waals surface area contributed by atoms with E-state index >= 15 is 0 Å². The van der Waals surface area contributed by atoms with Crippen molar-refractivity contribution in [2.24, 2.45) is 0 Å². The van der Waals surface area contributed by atoms with Gasteiger partial charge in [0.2, 0.25) is 0 Å². The van der Waals surface area contributed by atoms with E-state index in [2.05, 4.69) is 4.98 Å². The maximum Gasteiger partial charge on any atom is 0.410 e. The second kappa shape index (κ2) is 6.64. The first kappa shape index (κ1) is 16.7. The highest BCUT2D eigenvalue weighted by Crippen LogP contribution is 2.34. The maximum absolute atomic E-state index is 12.3. The summed E-state index contributed by atoms with van der Waals surface area (Å²) in [6.07, 6.45) is 1.40. The number of esters is 1. The van der Waals surface area contributed by atoms with E-state index in [0.29, 0.717) is 18.8 Å². The van der Waals surface area contributed by atoms with Crippen molar-refractivity contribution in [3.05, 3.63) is 16.1 Å². The number of hydrogen-bond acceptors (Lipinski definition) is 6. The van der Waals surface area contributed by atoms with Crippen LogP contribution in [0.15, 0.2) is 5.38 Å². The summed E-state index contributed by atoms with van der Waals surface area (Å²) in [4.78, 5) is 30.0. The minimum absolute atomic E-state index is 0.122. The Bertz CT molecular complexity index is 550. The van der Waals surface area contributed by atoms with Crippen molar-refractivity contribution >= 4 is 23.4 Å². The largest absolute Gasteiger partial charge is 0.461 e. The van der Waals surface area contributed by atoms with Crippen LogP contribution in [-0.4, -0.2) is 40.7 Å². The molecule has 1 aliphatic heterocycles. The summed E-state index contributed by atoms with van der Waals surface area (Å²) in [6.45, 7) is 8.26. The summed E-state index contributed by atoms with van der Waals surface area (Å²) in [5.41, 5.74) is -0.221. The fourth-order valence-corrected chi connectivity index (χ4v) is 3.24. The highest BCUT2D eigenvalue weighted by atomic mass is 32.1. The smallest absolute Gasteiger partial charge is 0.410 e. The first-order valence-electron chi connectivity index (χ1n) is 7.44. The summed E-state index contributed by atoms with van der Waals surface area (Å²) in [6, 6.07) is -0.122. The molecule has 122 valence electrons. The number of ether oxygens (including phenoxy) is 2. The van der Waals surface area contributed by atoms with Crippen molar-refractivity contribution in [2.75, 3.05) is 13.2 Å². The lowest BCUT2D eigenvalue weighted by molar-refractivity contribution is 0.0224. The number of hydrogen-bond donors (Lipinski definition) is 0. The lowest BCUT2D eigenvalue weighted by atomic mass is 10.2. The Morgan fingerprint density at radius 1 is 1.45 bits per heavy atom. The second-order valence-electron chi connectivity index (χ2n) is 6.12. The van der Waals surface area contributed by atoms with Gasteiger partial charge in [0.25, 0.3) is 0 Å². The number of likely N-dealkylation sites (tertiary alicyclic amines) is 1. The number of thiazole rings is 1. The summed E-state index contributed by atoms with van der Waals surface area (Å²) < 4.78 is 10.4. The zero-order valence-electron chi connectivity index (χ0n) is 13.4. The van der Waals surface area contributed by atoms with Gasteiger partial charge >= 0.3 is 12.1 Å². The van der Waals surface area contributed by atoms with Gasteiger partial charge in [-0.15, -0.1) is 11.3 Å². The average Bonchev–Trinajstić information content (AvgIpc) is 3.06. The third-order valence-electron chi connectivity index (χ3n) is 3.17. The number of aromatic nitrogens is 1. The molecule has 0 N–H and O–H groups in total. The zero-order valence-corrected chi connectivity index (χ0v) is 14.2. The molecule has 1 aromatic heterocycles. The number of amides is 1. The van der Waals surface area contributed by atoms with E-state index in [1.807, 2.05) is 20.8 Å². The molecule has 0 radical (unpaired) electrons. The highest BCUT2D eigenvalue weighted by Gasteiger charge is 2.35. The van der Waals surface area contributed by atoms with Gasteiger partial charge in [-0.1, -0.05) is 0 Å². The molecule has 1 aromatic rings. The molecule has 22 heavy (non-hydrogen) atoms. The molecule has 1 unspecified atom stereocenters. The molecule has 0 aromatic carbocycles. The van der Waals surface area contributed by atoms with Gasteiger partial charge in [0.15, 0.2) is 5.69 Å². The summed E-state index contributed by atoms with van der Waals surface area (Å²) in [5, 5.41) is 2.44. The monoisotopic (exact) mass is 326 g/mol. The molecular formula is C15H22N2O4S. The zero-order chi connectivity index (χ0) is 16.3. The predicted octanol–water partition coefficient (Wildman–Crippen LogP) is 3.39. The van der Waals surface area contributed by atoms with E-state index in [9.17, 15) is 9.59 Å². The van der Waals surface area contributed by atoms with Crippen LogP contribution < -0.4 is 0 Å². The lowest BCUT2D eigenvalue weighted by Crippen LogP contribution is -2.36. The molecule has 1 saturated heterocycles. The van der Waals surface area contributed by atoms with Crippen molar-refractivity contribution in [1.29, 1.82) is 0 Å². The van der Waals surface area contributed by atoms with Gasteiger partial charge in [0.05, 0.1) is 12.6 Å². The first-order valence-corrected chi connectivity index (χ1v) is 8.32. The van der Waals surface area contributed by atoms with E-state index in [4.69, 9.17) is 9.47 Å². The van der Waals surface area contributed by atoms with E-state index in [0.717, 1.165) is 17.8 Å². The molecule has 0 saturated carbocycles. The Morgan fingerprint density at radius 3 is 2.82 bits per heavy atom. The molecule has 7 heteroatoms. The lowest BCUT2D eigenvalue weighted by Gasteiger charge is -2.27. The van der Waals surface area contributed by atoms with Crippen molar-refractivity contribution in [3.8, 4) is 0 Å². The van der Waals surface area contributed by atoms with E-state index < -0.39 is 11.6 Å². The van der Waals surface area contributed by atoms with Gasteiger partial charge in [-0.3, -0.25) is 4.90 Å². The molecule has 2 heterocycles. The third kappa shape index (κ3) is 3.97.